The second kappa shape index (κ2) is 4.86. The summed E-state index contributed by atoms with van der Waals surface area (Å²) < 4.78 is 0. The summed E-state index contributed by atoms with van der Waals surface area (Å²) in [6.45, 7) is 6.22. The summed E-state index contributed by atoms with van der Waals surface area (Å²) in [4.78, 5) is 9.39. The number of aliphatic hydroxyl groups excluding tert-OH is 1. The van der Waals surface area contributed by atoms with Crippen LogP contribution in [0.1, 0.15) is 31.4 Å². The number of hydrogen-bond acceptors (Lipinski definition) is 4. The third-order valence-electron chi connectivity index (χ3n) is 3.95. The standard InChI is InChI=1S/C14H21N3O/c1-11(18)12-2-5-14(15-10-12)17-8-6-16(7-9-17)13-3-4-13/h2,5,10-11,13,18H,3-4,6-9H2,1H3/t11-/m0/s1. The van der Waals surface area contributed by atoms with E-state index in [1.165, 1.54) is 12.8 Å². The minimum Gasteiger partial charge on any atom is -0.389 e. The van der Waals surface area contributed by atoms with E-state index in [0.29, 0.717) is 0 Å². The number of rotatable bonds is 3. The van der Waals surface area contributed by atoms with E-state index in [4.69, 9.17) is 0 Å². The van der Waals surface area contributed by atoms with Gasteiger partial charge in [-0.25, -0.2) is 4.98 Å². The highest BCUT2D eigenvalue weighted by molar-refractivity contribution is 5.40. The molecule has 1 aromatic heterocycles. The first-order valence-electron chi connectivity index (χ1n) is 6.87. The highest BCUT2D eigenvalue weighted by Crippen LogP contribution is 2.28. The maximum atomic E-state index is 9.47. The fourth-order valence-corrected chi connectivity index (χ4v) is 2.59. The van der Waals surface area contributed by atoms with Gasteiger partial charge < -0.3 is 10.0 Å². The summed E-state index contributed by atoms with van der Waals surface area (Å²) in [6.07, 6.45) is 4.13. The van der Waals surface area contributed by atoms with Gasteiger partial charge in [0.25, 0.3) is 0 Å². The lowest BCUT2D eigenvalue weighted by molar-refractivity contribution is 0.199. The topological polar surface area (TPSA) is 39.6 Å². The molecule has 0 amide bonds. The molecule has 98 valence electrons. The van der Waals surface area contributed by atoms with Crippen LogP contribution in [0.3, 0.4) is 0 Å². The molecule has 0 spiro atoms. The van der Waals surface area contributed by atoms with Gasteiger partial charge in [-0.15, -0.1) is 0 Å². The molecular formula is C14H21N3O. The molecule has 0 bridgehead atoms. The van der Waals surface area contributed by atoms with Crippen LogP contribution in [0, 0.1) is 0 Å². The number of aliphatic hydroxyl groups is 1. The predicted molar refractivity (Wildman–Crippen MR) is 71.7 cm³/mol. The van der Waals surface area contributed by atoms with Crippen LogP contribution in [0.4, 0.5) is 5.82 Å². The van der Waals surface area contributed by atoms with Gasteiger partial charge >= 0.3 is 0 Å². The molecule has 1 saturated heterocycles. The SMILES string of the molecule is C[C@H](O)c1ccc(N2CCN(C3CC3)CC2)nc1. The maximum absolute atomic E-state index is 9.47. The zero-order chi connectivity index (χ0) is 12.5. The van der Waals surface area contributed by atoms with Gasteiger partial charge in [0.05, 0.1) is 6.10 Å². The van der Waals surface area contributed by atoms with E-state index in [1.54, 1.807) is 13.1 Å². The first kappa shape index (κ1) is 11.9. The molecule has 0 unspecified atom stereocenters. The van der Waals surface area contributed by atoms with Crippen LogP contribution in [0.2, 0.25) is 0 Å². The Balaban J connectivity index is 1.61. The molecule has 1 aliphatic carbocycles. The van der Waals surface area contributed by atoms with Crippen LogP contribution < -0.4 is 4.90 Å². The van der Waals surface area contributed by atoms with Gasteiger partial charge in [-0.2, -0.15) is 0 Å². The van der Waals surface area contributed by atoms with E-state index in [1.807, 2.05) is 12.1 Å². The van der Waals surface area contributed by atoms with E-state index in [0.717, 1.165) is 43.6 Å². The van der Waals surface area contributed by atoms with Gasteiger partial charge in [-0.1, -0.05) is 6.07 Å². The monoisotopic (exact) mass is 247 g/mol. The van der Waals surface area contributed by atoms with Crippen LogP contribution in [-0.4, -0.2) is 47.2 Å². The largest absolute Gasteiger partial charge is 0.389 e. The third kappa shape index (κ3) is 2.49. The van der Waals surface area contributed by atoms with Gasteiger partial charge in [0.15, 0.2) is 0 Å². The molecule has 0 radical (unpaired) electrons. The molecule has 2 fully saturated rings. The Morgan fingerprint density at radius 2 is 1.94 bits per heavy atom. The molecule has 1 saturated carbocycles. The Hall–Kier alpha value is -1.13. The summed E-state index contributed by atoms with van der Waals surface area (Å²) in [6, 6.07) is 4.87. The van der Waals surface area contributed by atoms with Crippen molar-refractivity contribution in [3.63, 3.8) is 0 Å². The van der Waals surface area contributed by atoms with Gasteiger partial charge in [0, 0.05) is 38.4 Å². The zero-order valence-corrected chi connectivity index (χ0v) is 10.9. The molecule has 1 aliphatic heterocycles. The number of nitrogens with zero attached hydrogens (tertiary/aromatic N) is 3. The summed E-state index contributed by atoms with van der Waals surface area (Å²) in [5, 5.41) is 9.47. The lowest BCUT2D eigenvalue weighted by Gasteiger charge is -2.35. The number of pyridine rings is 1. The van der Waals surface area contributed by atoms with Gasteiger partial charge in [0.2, 0.25) is 0 Å². The summed E-state index contributed by atoms with van der Waals surface area (Å²) in [5.41, 5.74) is 0.885. The fourth-order valence-electron chi connectivity index (χ4n) is 2.59. The highest BCUT2D eigenvalue weighted by atomic mass is 16.3. The second-order valence-corrected chi connectivity index (χ2v) is 5.38. The van der Waals surface area contributed by atoms with Gasteiger partial charge in [-0.05, 0) is 31.4 Å². The lowest BCUT2D eigenvalue weighted by Crippen LogP contribution is -2.47. The molecule has 1 N–H and O–H groups in total. The van der Waals surface area contributed by atoms with E-state index >= 15 is 0 Å². The Labute approximate surface area is 108 Å². The highest BCUT2D eigenvalue weighted by Gasteiger charge is 2.31. The van der Waals surface area contributed by atoms with Gasteiger partial charge in [-0.3, -0.25) is 4.90 Å². The molecule has 18 heavy (non-hydrogen) atoms. The minimum atomic E-state index is -0.432. The maximum Gasteiger partial charge on any atom is 0.128 e. The lowest BCUT2D eigenvalue weighted by atomic mass is 10.2. The predicted octanol–water partition coefficient (Wildman–Crippen LogP) is 1.42. The quantitative estimate of drug-likeness (QED) is 0.877. The van der Waals surface area contributed by atoms with Crippen LogP contribution >= 0.6 is 0 Å². The van der Waals surface area contributed by atoms with Crippen molar-refractivity contribution < 1.29 is 5.11 Å². The first-order chi connectivity index (χ1) is 8.74. The average molecular weight is 247 g/mol. The smallest absolute Gasteiger partial charge is 0.128 e. The van der Waals surface area contributed by atoms with E-state index in [2.05, 4.69) is 14.8 Å². The van der Waals surface area contributed by atoms with Crippen molar-refractivity contribution >= 4 is 5.82 Å². The fraction of sp³-hybridized carbons (Fsp3) is 0.643. The Bertz CT molecular complexity index is 392. The van der Waals surface area contributed by atoms with Crippen molar-refractivity contribution in [2.24, 2.45) is 0 Å². The first-order valence-corrected chi connectivity index (χ1v) is 6.87. The van der Waals surface area contributed by atoms with Crippen molar-refractivity contribution in [1.29, 1.82) is 0 Å². The molecule has 2 aliphatic rings. The Morgan fingerprint density at radius 3 is 2.44 bits per heavy atom. The zero-order valence-electron chi connectivity index (χ0n) is 10.9. The van der Waals surface area contributed by atoms with E-state index in [-0.39, 0.29) is 0 Å². The van der Waals surface area contributed by atoms with Gasteiger partial charge in [0.1, 0.15) is 5.82 Å². The molecule has 1 aromatic rings. The van der Waals surface area contributed by atoms with Crippen LogP contribution in [0.25, 0.3) is 0 Å². The van der Waals surface area contributed by atoms with E-state index in [9.17, 15) is 5.11 Å². The molecule has 4 nitrogen and oxygen atoms in total. The summed E-state index contributed by atoms with van der Waals surface area (Å²) >= 11 is 0. The van der Waals surface area contributed by atoms with Crippen LogP contribution in [0.5, 0.6) is 0 Å². The Kier molecular flexibility index (Phi) is 3.22. The molecular weight excluding hydrogens is 226 g/mol. The molecule has 4 heteroatoms. The average Bonchev–Trinajstić information content (AvgIpc) is 3.23. The molecule has 2 heterocycles. The number of piperazine rings is 1. The van der Waals surface area contributed by atoms with Crippen molar-refractivity contribution in [1.82, 2.24) is 9.88 Å². The van der Waals surface area contributed by atoms with Crippen molar-refractivity contribution in [2.75, 3.05) is 31.1 Å². The van der Waals surface area contributed by atoms with Crippen LogP contribution in [-0.2, 0) is 0 Å². The van der Waals surface area contributed by atoms with E-state index < -0.39 is 6.10 Å². The second-order valence-electron chi connectivity index (χ2n) is 5.38. The summed E-state index contributed by atoms with van der Waals surface area (Å²) in [5.74, 6) is 1.04. The van der Waals surface area contributed by atoms with Crippen molar-refractivity contribution in [2.45, 2.75) is 31.9 Å². The minimum absolute atomic E-state index is 0.432. The van der Waals surface area contributed by atoms with Crippen molar-refractivity contribution in [3.8, 4) is 0 Å². The van der Waals surface area contributed by atoms with Crippen molar-refractivity contribution in [3.05, 3.63) is 23.9 Å². The molecule has 1 atom stereocenters. The molecule has 3 rings (SSSR count). The number of anilines is 1. The summed E-state index contributed by atoms with van der Waals surface area (Å²) in [7, 11) is 0. The molecule has 0 aromatic carbocycles. The number of aromatic nitrogens is 1. The Morgan fingerprint density at radius 1 is 1.22 bits per heavy atom. The third-order valence-corrected chi connectivity index (χ3v) is 3.95. The number of hydrogen-bond donors (Lipinski definition) is 1. The van der Waals surface area contributed by atoms with Crippen LogP contribution in [0.15, 0.2) is 18.3 Å². The normalized spacial score (nSPS) is 23.1.